The number of para-hydroxylation sites is 1. The second kappa shape index (κ2) is 13.4. The van der Waals surface area contributed by atoms with Crippen molar-refractivity contribution in [1.82, 2.24) is 15.5 Å². The van der Waals surface area contributed by atoms with Crippen LogP contribution < -0.4 is 15.4 Å². The molecule has 0 aliphatic rings. The van der Waals surface area contributed by atoms with Crippen molar-refractivity contribution in [3.05, 3.63) is 65.2 Å². The molecule has 5 nitrogen and oxygen atoms in total. The van der Waals surface area contributed by atoms with E-state index in [1.807, 2.05) is 18.2 Å². The molecule has 0 bridgehead atoms. The summed E-state index contributed by atoms with van der Waals surface area (Å²) in [5, 5.41) is 6.75. The Morgan fingerprint density at radius 2 is 1.61 bits per heavy atom. The standard InChI is InChI=1S/C22H32N4O.HI/c1-5-23-22(24-15-14-18-10-8-9-13-21(18)27-4)25-16-19-11-6-7-12-20(19)17-26(2)3;/h6-13H,5,14-17H2,1-4H3,(H2,23,24,25);1H. The smallest absolute Gasteiger partial charge is 0.191 e. The summed E-state index contributed by atoms with van der Waals surface area (Å²) in [6.45, 7) is 5.29. The maximum atomic E-state index is 5.42. The molecule has 154 valence electrons. The Hall–Kier alpha value is -1.80. The summed E-state index contributed by atoms with van der Waals surface area (Å²) >= 11 is 0. The zero-order valence-corrected chi connectivity index (χ0v) is 19.7. The predicted octanol–water partition coefficient (Wildman–Crippen LogP) is 3.67. The summed E-state index contributed by atoms with van der Waals surface area (Å²) in [5.41, 5.74) is 3.77. The zero-order valence-electron chi connectivity index (χ0n) is 17.4. The molecule has 2 N–H and O–H groups in total. The lowest BCUT2D eigenvalue weighted by molar-refractivity contribution is 0.401. The highest BCUT2D eigenvalue weighted by molar-refractivity contribution is 14.0. The molecule has 0 heterocycles. The van der Waals surface area contributed by atoms with Gasteiger partial charge in [0.25, 0.3) is 0 Å². The molecule has 0 unspecified atom stereocenters. The first-order valence-corrected chi connectivity index (χ1v) is 9.49. The largest absolute Gasteiger partial charge is 0.496 e. The van der Waals surface area contributed by atoms with E-state index in [0.717, 1.165) is 37.8 Å². The van der Waals surface area contributed by atoms with Crippen LogP contribution in [0.25, 0.3) is 0 Å². The normalized spacial score (nSPS) is 11.1. The van der Waals surface area contributed by atoms with Crippen LogP contribution in [0.5, 0.6) is 5.75 Å². The summed E-state index contributed by atoms with van der Waals surface area (Å²) in [4.78, 5) is 6.95. The Labute approximate surface area is 186 Å². The average Bonchev–Trinajstić information content (AvgIpc) is 2.67. The van der Waals surface area contributed by atoms with Gasteiger partial charge in [-0.15, -0.1) is 24.0 Å². The summed E-state index contributed by atoms with van der Waals surface area (Å²) in [5.74, 6) is 1.77. The molecular weight excluding hydrogens is 463 g/mol. The van der Waals surface area contributed by atoms with Gasteiger partial charge in [-0.25, -0.2) is 4.99 Å². The van der Waals surface area contributed by atoms with E-state index in [4.69, 9.17) is 9.73 Å². The number of hydrogen-bond donors (Lipinski definition) is 2. The summed E-state index contributed by atoms with van der Waals surface area (Å²) in [7, 11) is 5.88. The van der Waals surface area contributed by atoms with E-state index < -0.39 is 0 Å². The number of aliphatic imine (C=N–C) groups is 1. The van der Waals surface area contributed by atoms with Crippen LogP contribution in [-0.2, 0) is 19.5 Å². The molecule has 0 spiro atoms. The van der Waals surface area contributed by atoms with Crippen molar-refractivity contribution >= 4 is 29.9 Å². The molecule has 2 aromatic rings. The number of methoxy groups -OCH3 is 1. The minimum atomic E-state index is 0. The van der Waals surface area contributed by atoms with Crippen LogP contribution in [-0.4, -0.2) is 45.2 Å². The minimum absolute atomic E-state index is 0. The monoisotopic (exact) mass is 496 g/mol. The lowest BCUT2D eigenvalue weighted by Gasteiger charge is -2.15. The van der Waals surface area contributed by atoms with E-state index in [9.17, 15) is 0 Å². The molecule has 6 heteroatoms. The van der Waals surface area contributed by atoms with Crippen LogP contribution in [0.15, 0.2) is 53.5 Å². The van der Waals surface area contributed by atoms with Gasteiger partial charge in [-0.3, -0.25) is 0 Å². The van der Waals surface area contributed by atoms with E-state index in [2.05, 4.69) is 66.9 Å². The van der Waals surface area contributed by atoms with Gasteiger partial charge in [0, 0.05) is 19.6 Å². The van der Waals surface area contributed by atoms with E-state index in [1.54, 1.807) is 7.11 Å². The second-order valence-electron chi connectivity index (χ2n) is 6.69. The number of hydrogen-bond acceptors (Lipinski definition) is 3. The fourth-order valence-electron chi connectivity index (χ4n) is 2.94. The summed E-state index contributed by atoms with van der Waals surface area (Å²) < 4.78 is 5.42. The Balaban J connectivity index is 0.00000392. The highest BCUT2D eigenvalue weighted by atomic mass is 127. The van der Waals surface area contributed by atoms with Crippen molar-refractivity contribution in [1.29, 1.82) is 0 Å². The fraction of sp³-hybridized carbons (Fsp3) is 0.409. The number of guanidine groups is 1. The molecule has 0 aliphatic carbocycles. The first-order valence-electron chi connectivity index (χ1n) is 9.49. The van der Waals surface area contributed by atoms with Crippen molar-refractivity contribution in [2.75, 3.05) is 34.3 Å². The quantitative estimate of drug-likeness (QED) is 0.316. The lowest BCUT2D eigenvalue weighted by atomic mass is 10.1. The number of ether oxygens (including phenoxy) is 1. The SMILES string of the molecule is CCNC(=NCc1ccccc1CN(C)C)NCCc1ccccc1OC.I. The maximum absolute atomic E-state index is 5.42. The van der Waals surface area contributed by atoms with Gasteiger partial charge >= 0.3 is 0 Å². The molecule has 0 saturated carbocycles. The third-order valence-corrected chi connectivity index (χ3v) is 4.24. The number of halogens is 1. The predicted molar refractivity (Wildman–Crippen MR) is 129 cm³/mol. The van der Waals surface area contributed by atoms with Gasteiger partial charge in [0.15, 0.2) is 5.96 Å². The molecule has 0 radical (unpaired) electrons. The molecule has 28 heavy (non-hydrogen) atoms. The molecule has 0 fully saturated rings. The third-order valence-electron chi connectivity index (χ3n) is 4.24. The Morgan fingerprint density at radius 1 is 0.964 bits per heavy atom. The topological polar surface area (TPSA) is 48.9 Å². The molecule has 0 amide bonds. The third kappa shape index (κ3) is 8.06. The first-order chi connectivity index (χ1) is 13.1. The van der Waals surface area contributed by atoms with Crippen LogP contribution in [0.3, 0.4) is 0 Å². The van der Waals surface area contributed by atoms with Crippen molar-refractivity contribution < 1.29 is 4.74 Å². The Morgan fingerprint density at radius 3 is 2.25 bits per heavy atom. The van der Waals surface area contributed by atoms with Crippen LogP contribution in [0.4, 0.5) is 0 Å². The van der Waals surface area contributed by atoms with Crippen molar-refractivity contribution in [2.24, 2.45) is 4.99 Å². The second-order valence-corrected chi connectivity index (χ2v) is 6.69. The minimum Gasteiger partial charge on any atom is -0.496 e. The first kappa shape index (κ1) is 24.2. The number of benzene rings is 2. The number of nitrogens with zero attached hydrogens (tertiary/aromatic N) is 2. The van der Waals surface area contributed by atoms with E-state index in [1.165, 1.54) is 16.7 Å². The van der Waals surface area contributed by atoms with Gasteiger partial charge in [-0.2, -0.15) is 0 Å². The van der Waals surface area contributed by atoms with Gasteiger partial charge in [-0.05, 0) is 50.2 Å². The molecule has 0 aliphatic heterocycles. The zero-order chi connectivity index (χ0) is 19.5. The van der Waals surface area contributed by atoms with Gasteiger partial charge in [-0.1, -0.05) is 42.5 Å². The van der Waals surface area contributed by atoms with Crippen molar-refractivity contribution in [3.63, 3.8) is 0 Å². The number of nitrogens with one attached hydrogen (secondary N) is 2. The Bertz CT molecular complexity index is 734. The van der Waals surface area contributed by atoms with Gasteiger partial charge in [0.05, 0.1) is 13.7 Å². The van der Waals surface area contributed by atoms with Crippen LogP contribution in [0, 0.1) is 0 Å². The van der Waals surface area contributed by atoms with Crippen LogP contribution in [0.1, 0.15) is 23.6 Å². The van der Waals surface area contributed by atoms with Crippen LogP contribution >= 0.6 is 24.0 Å². The van der Waals surface area contributed by atoms with Crippen molar-refractivity contribution in [3.8, 4) is 5.75 Å². The highest BCUT2D eigenvalue weighted by Crippen LogP contribution is 2.17. The maximum Gasteiger partial charge on any atom is 0.191 e. The summed E-state index contributed by atoms with van der Waals surface area (Å²) in [6, 6.07) is 16.6. The molecule has 2 rings (SSSR count). The fourth-order valence-corrected chi connectivity index (χ4v) is 2.94. The highest BCUT2D eigenvalue weighted by Gasteiger charge is 2.05. The van der Waals surface area contributed by atoms with Crippen molar-refractivity contribution in [2.45, 2.75) is 26.4 Å². The Kier molecular flexibility index (Phi) is 11.6. The molecule has 0 atom stereocenters. The summed E-state index contributed by atoms with van der Waals surface area (Å²) in [6.07, 6.45) is 0.881. The molecule has 2 aromatic carbocycles. The average molecular weight is 496 g/mol. The van der Waals surface area contributed by atoms with E-state index in [0.29, 0.717) is 6.54 Å². The number of rotatable bonds is 9. The van der Waals surface area contributed by atoms with Crippen LogP contribution in [0.2, 0.25) is 0 Å². The van der Waals surface area contributed by atoms with Gasteiger partial charge in [0.1, 0.15) is 5.75 Å². The molecule has 0 saturated heterocycles. The molecule has 0 aromatic heterocycles. The lowest BCUT2D eigenvalue weighted by Crippen LogP contribution is -2.38. The van der Waals surface area contributed by atoms with Gasteiger partial charge in [0.2, 0.25) is 0 Å². The van der Waals surface area contributed by atoms with E-state index in [-0.39, 0.29) is 24.0 Å². The molecular formula is C22H33IN4O. The van der Waals surface area contributed by atoms with E-state index >= 15 is 0 Å². The van der Waals surface area contributed by atoms with Gasteiger partial charge < -0.3 is 20.3 Å².